The van der Waals surface area contributed by atoms with Gasteiger partial charge in [0.2, 0.25) is 11.7 Å². The Bertz CT molecular complexity index is 1170. The molecule has 1 fully saturated rings. The lowest BCUT2D eigenvalue weighted by Crippen LogP contribution is -2.30. The molecule has 0 saturated carbocycles. The van der Waals surface area contributed by atoms with Crippen LogP contribution in [0.25, 0.3) is 22.8 Å². The topological polar surface area (TPSA) is 88.7 Å². The number of amides is 1. The van der Waals surface area contributed by atoms with Gasteiger partial charge in [-0.3, -0.25) is 4.79 Å². The summed E-state index contributed by atoms with van der Waals surface area (Å²) in [4.78, 5) is 18.9. The Morgan fingerprint density at radius 1 is 1.25 bits per heavy atom. The molecule has 2 unspecified atom stereocenters. The van der Waals surface area contributed by atoms with Crippen molar-refractivity contribution in [2.24, 2.45) is 5.92 Å². The third-order valence-electron chi connectivity index (χ3n) is 6.33. The van der Waals surface area contributed by atoms with E-state index in [0.717, 1.165) is 34.4 Å². The smallest absolute Gasteiger partial charge is 0.258 e. The predicted octanol–water partition coefficient (Wildman–Crippen LogP) is 3.94. The number of fused-ring (bicyclic) bond motifs is 3. The van der Waals surface area contributed by atoms with E-state index in [1.165, 1.54) is 5.56 Å². The summed E-state index contributed by atoms with van der Waals surface area (Å²) in [6.07, 6.45) is 1.42. The molecule has 2 aliphatic rings. The van der Waals surface area contributed by atoms with Gasteiger partial charge in [0.25, 0.3) is 5.89 Å². The minimum absolute atomic E-state index is 0.0205. The molecule has 0 spiro atoms. The molecule has 1 N–H and O–H groups in total. The molecule has 2 heterocycles. The van der Waals surface area contributed by atoms with Crippen molar-refractivity contribution in [2.75, 3.05) is 13.2 Å². The summed E-state index contributed by atoms with van der Waals surface area (Å²) in [5.41, 5.74) is 5.10. The van der Waals surface area contributed by atoms with E-state index in [-0.39, 0.29) is 30.6 Å². The first-order chi connectivity index (χ1) is 15.5. The van der Waals surface area contributed by atoms with E-state index in [1.807, 2.05) is 56.0 Å². The normalized spacial score (nSPS) is 19.5. The van der Waals surface area contributed by atoms with Crippen molar-refractivity contribution in [2.45, 2.75) is 45.8 Å². The van der Waals surface area contributed by atoms with Crippen LogP contribution in [0.4, 0.5) is 0 Å². The summed E-state index contributed by atoms with van der Waals surface area (Å²) in [5, 5.41) is 13.7. The van der Waals surface area contributed by atoms with Gasteiger partial charge in [0.15, 0.2) is 0 Å². The molecule has 5 rings (SSSR count). The van der Waals surface area contributed by atoms with E-state index >= 15 is 0 Å². The summed E-state index contributed by atoms with van der Waals surface area (Å²) in [7, 11) is 0. The van der Waals surface area contributed by atoms with Crippen LogP contribution in [0.2, 0.25) is 0 Å². The lowest BCUT2D eigenvalue weighted by molar-refractivity contribution is -0.129. The lowest BCUT2D eigenvalue weighted by Gasteiger charge is -2.24. The van der Waals surface area contributed by atoms with Gasteiger partial charge >= 0.3 is 0 Å². The number of hydrogen-bond acceptors (Lipinski definition) is 6. The molecule has 3 aromatic rings. The zero-order valence-electron chi connectivity index (χ0n) is 18.5. The maximum absolute atomic E-state index is 12.4. The Morgan fingerprint density at radius 2 is 2.09 bits per heavy atom. The van der Waals surface area contributed by atoms with Gasteiger partial charge in [-0.1, -0.05) is 23.4 Å². The van der Waals surface area contributed by atoms with Crippen molar-refractivity contribution < 1.29 is 19.2 Å². The van der Waals surface area contributed by atoms with E-state index < -0.39 is 0 Å². The number of likely N-dealkylation sites (tertiary alicyclic amines) is 1. The number of aryl methyl sites for hydroxylation is 1. The van der Waals surface area contributed by atoms with Crippen LogP contribution in [0, 0.1) is 12.8 Å². The average Bonchev–Trinajstić information content (AvgIpc) is 3.44. The maximum atomic E-state index is 12.4. The lowest BCUT2D eigenvalue weighted by atomic mass is 10.0. The van der Waals surface area contributed by atoms with Crippen LogP contribution < -0.4 is 4.74 Å². The Balaban J connectivity index is 1.46. The molecule has 32 heavy (non-hydrogen) atoms. The van der Waals surface area contributed by atoms with Crippen molar-refractivity contribution in [3.63, 3.8) is 0 Å². The standard InChI is InChI=1S/C25H27N3O4/c1-14(2)31-21-8-7-16(11-15(21)3)25-26-24(27-32-25)19-6-4-5-18-20(19)12-17-13-22(30)28(9-10-29)23(17)18/h4-8,11,14,17,23,29H,9-10,12-13H2,1-3H3. The summed E-state index contributed by atoms with van der Waals surface area (Å²) in [6, 6.07) is 11.9. The van der Waals surface area contributed by atoms with Gasteiger partial charge in [0, 0.05) is 24.1 Å². The molecular formula is C25H27N3O4. The van der Waals surface area contributed by atoms with E-state index in [9.17, 15) is 9.90 Å². The molecule has 0 bridgehead atoms. The first kappa shape index (κ1) is 20.7. The van der Waals surface area contributed by atoms with E-state index in [0.29, 0.717) is 24.7 Å². The third-order valence-corrected chi connectivity index (χ3v) is 6.33. The number of nitrogens with zero attached hydrogens (tertiary/aromatic N) is 3. The van der Waals surface area contributed by atoms with E-state index in [2.05, 4.69) is 16.2 Å². The van der Waals surface area contributed by atoms with Gasteiger partial charge in [-0.2, -0.15) is 4.98 Å². The number of ether oxygens (including phenoxy) is 1. The highest BCUT2D eigenvalue weighted by Gasteiger charge is 2.46. The van der Waals surface area contributed by atoms with E-state index in [4.69, 9.17) is 9.26 Å². The number of β-amino-alcohol motifs (C(OH)–C–C–N with tert-alkyl or cyclic N) is 1. The number of carbonyl (C=O) groups excluding carboxylic acids is 1. The minimum Gasteiger partial charge on any atom is -0.491 e. The summed E-state index contributed by atoms with van der Waals surface area (Å²) in [5.74, 6) is 2.21. The van der Waals surface area contributed by atoms with Gasteiger partial charge in [-0.05, 0) is 68.0 Å². The molecule has 1 saturated heterocycles. The highest BCUT2D eigenvalue weighted by atomic mass is 16.5. The van der Waals surface area contributed by atoms with Gasteiger partial charge in [0.05, 0.1) is 18.8 Å². The third kappa shape index (κ3) is 3.46. The molecule has 1 amide bonds. The highest BCUT2D eigenvalue weighted by molar-refractivity contribution is 5.81. The maximum Gasteiger partial charge on any atom is 0.258 e. The molecule has 7 heteroatoms. The molecule has 7 nitrogen and oxygen atoms in total. The summed E-state index contributed by atoms with van der Waals surface area (Å²) >= 11 is 0. The second-order valence-electron chi connectivity index (χ2n) is 8.87. The molecule has 1 aliphatic carbocycles. The van der Waals surface area contributed by atoms with Gasteiger partial charge in [0.1, 0.15) is 5.75 Å². The molecule has 0 radical (unpaired) electrons. The van der Waals surface area contributed by atoms with Gasteiger partial charge < -0.3 is 19.3 Å². The second-order valence-corrected chi connectivity index (χ2v) is 8.87. The zero-order valence-corrected chi connectivity index (χ0v) is 18.5. The fraction of sp³-hybridized carbons (Fsp3) is 0.400. The Kier molecular flexibility index (Phi) is 5.21. The van der Waals surface area contributed by atoms with Gasteiger partial charge in [-0.15, -0.1) is 0 Å². The second kappa shape index (κ2) is 8.06. The average molecular weight is 434 g/mol. The molecule has 1 aliphatic heterocycles. The number of carbonyl (C=O) groups is 1. The van der Waals surface area contributed by atoms with Crippen molar-refractivity contribution >= 4 is 5.91 Å². The number of benzene rings is 2. The van der Waals surface area contributed by atoms with Crippen LogP contribution in [0.3, 0.4) is 0 Å². The fourth-order valence-electron chi connectivity index (χ4n) is 5.04. The van der Waals surface area contributed by atoms with Crippen molar-refractivity contribution in [1.29, 1.82) is 0 Å². The van der Waals surface area contributed by atoms with Crippen LogP contribution in [-0.4, -0.2) is 45.3 Å². The van der Waals surface area contributed by atoms with Crippen molar-refractivity contribution in [1.82, 2.24) is 15.0 Å². The molecule has 2 atom stereocenters. The predicted molar refractivity (Wildman–Crippen MR) is 119 cm³/mol. The summed E-state index contributed by atoms with van der Waals surface area (Å²) < 4.78 is 11.4. The van der Waals surface area contributed by atoms with Crippen LogP contribution in [0.5, 0.6) is 5.75 Å². The van der Waals surface area contributed by atoms with Crippen LogP contribution in [0.1, 0.15) is 43.0 Å². The number of rotatable bonds is 6. The van der Waals surface area contributed by atoms with Crippen molar-refractivity contribution in [3.05, 3.63) is 53.1 Å². The molecular weight excluding hydrogens is 406 g/mol. The van der Waals surface area contributed by atoms with Crippen LogP contribution >= 0.6 is 0 Å². The first-order valence-electron chi connectivity index (χ1n) is 11.1. The van der Waals surface area contributed by atoms with E-state index in [1.54, 1.807) is 0 Å². The van der Waals surface area contributed by atoms with Crippen LogP contribution in [0.15, 0.2) is 40.9 Å². The van der Waals surface area contributed by atoms with Gasteiger partial charge in [-0.25, -0.2) is 0 Å². The Morgan fingerprint density at radius 3 is 2.84 bits per heavy atom. The SMILES string of the molecule is Cc1cc(-c2nc(-c3cccc4c3CC3CC(=O)N(CCO)C43)no2)ccc1OC(C)C. The largest absolute Gasteiger partial charge is 0.491 e. The number of hydrogen-bond donors (Lipinski definition) is 1. The quantitative estimate of drug-likeness (QED) is 0.634. The summed E-state index contributed by atoms with van der Waals surface area (Å²) in [6.45, 7) is 6.34. The highest BCUT2D eigenvalue weighted by Crippen LogP contribution is 2.49. The molecule has 166 valence electrons. The van der Waals surface area contributed by atoms with Crippen LogP contribution in [-0.2, 0) is 11.2 Å². The fourth-order valence-corrected chi connectivity index (χ4v) is 5.04. The molecule has 2 aromatic carbocycles. The monoisotopic (exact) mass is 433 g/mol. The molecule has 1 aromatic heterocycles. The number of aromatic nitrogens is 2. The minimum atomic E-state index is -0.0292. The zero-order chi connectivity index (χ0) is 22.4. The Labute approximate surface area is 187 Å². The van der Waals surface area contributed by atoms with Crippen molar-refractivity contribution in [3.8, 4) is 28.6 Å². The Hall–Kier alpha value is -3.19. The first-order valence-corrected chi connectivity index (χ1v) is 11.1. The number of aliphatic hydroxyl groups is 1. The number of aliphatic hydroxyl groups excluding tert-OH is 1.